The van der Waals surface area contributed by atoms with Gasteiger partial charge in [0, 0.05) is 5.56 Å². The highest BCUT2D eigenvalue weighted by atomic mass is 32.2. The van der Waals surface area contributed by atoms with Crippen LogP contribution in [0.1, 0.15) is 11.1 Å². The lowest BCUT2D eigenvalue weighted by molar-refractivity contribution is -0.118. The lowest BCUT2D eigenvalue weighted by atomic mass is 10.1. The van der Waals surface area contributed by atoms with E-state index in [0.29, 0.717) is 35.8 Å². The van der Waals surface area contributed by atoms with Gasteiger partial charge in [0.05, 0.1) is 19.4 Å². The van der Waals surface area contributed by atoms with Crippen LogP contribution < -0.4 is 14.8 Å². The summed E-state index contributed by atoms with van der Waals surface area (Å²) in [5.74, 6) is 1.79. The lowest BCUT2D eigenvalue weighted by Crippen LogP contribution is -2.29. The van der Waals surface area contributed by atoms with E-state index in [4.69, 9.17) is 13.9 Å². The molecule has 0 atom stereocenters. The van der Waals surface area contributed by atoms with E-state index < -0.39 is 0 Å². The van der Waals surface area contributed by atoms with Crippen molar-refractivity contribution in [3.63, 3.8) is 0 Å². The molecule has 0 spiro atoms. The van der Waals surface area contributed by atoms with Crippen molar-refractivity contribution in [1.29, 1.82) is 0 Å². The van der Waals surface area contributed by atoms with Gasteiger partial charge in [0.2, 0.25) is 11.8 Å². The molecule has 3 rings (SSSR count). The predicted octanol–water partition coefficient (Wildman–Crippen LogP) is 3.65. The second-order valence-corrected chi connectivity index (χ2v) is 7.24. The second-order valence-electron chi connectivity index (χ2n) is 6.31. The number of carbonyl (C=O) groups is 1. The number of hydrogen-bond donors (Lipinski definition) is 1. The highest BCUT2D eigenvalue weighted by molar-refractivity contribution is 7.99. The third-order valence-electron chi connectivity index (χ3n) is 4.24. The second kappa shape index (κ2) is 9.97. The highest BCUT2D eigenvalue weighted by Gasteiger charge is 2.12. The molecule has 0 saturated carbocycles. The van der Waals surface area contributed by atoms with Gasteiger partial charge in [0.1, 0.15) is 6.61 Å². The molecular formula is C21H23N3O4S. The van der Waals surface area contributed by atoms with Gasteiger partial charge in [-0.3, -0.25) is 4.79 Å². The molecule has 1 aromatic heterocycles. The number of thioether (sulfide) groups is 1. The Morgan fingerprint density at radius 2 is 1.90 bits per heavy atom. The van der Waals surface area contributed by atoms with E-state index in [1.165, 1.54) is 17.3 Å². The topological polar surface area (TPSA) is 86.5 Å². The number of benzene rings is 2. The monoisotopic (exact) mass is 413 g/mol. The molecular weight excluding hydrogens is 390 g/mol. The molecule has 0 aliphatic heterocycles. The van der Waals surface area contributed by atoms with E-state index in [0.717, 1.165) is 11.1 Å². The van der Waals surface area contributed by atoms with Gasteiger partial charge in [-0.15, -0.1) is 10.2 Å². The zero-order valence-corrected chi connectivity index (χ0v) is 17.4. The molecule has 29 heavy (non-hydrogen) atoms. The maximum atomic E-state index is 12.0. The van der Waals surface area contributed by atoms with Crippen LogP contribution in [0.4, 0.5) is 0 Å². The van der Waals surface area contributed by atoms with E-state index in [9.17, 15) is 4.79 Å². The Morgan fingerprint density at radius 1 is 1.10 bits per heavy atom. The number of aromatic nitrogens is 2. The van der Waals surface area contributed by atoms with E-state index >= 15 is 0 Å². The summed E-state index contributed by atoms with van der Waals surface area (Å²) in [5, 5.41) is 11.2. The maximum Gasteiger partial charge on any atom is 0.277 e. The Hall–Kier alpha value is -3.00. The number of nitrogens with one attached hydrogen (secondary N) is 1. The Balaban J connectivity index is 1.42. The minimum absolute atomic E-state index is 0.135. The molecule has 2 aromatic carbocycles. The fourth-order valence-electron chi connectivity index (χ4n) is 2.53. The average molecular weight is 413 g/mol. The largest absolute Gasteiger partial charge is 0.493 e. The van der Waals surface area contributed by atoms with Gasteiger partial charge in [0.25, 0.3) is 5.22 Å². The summed E-state index contributed by atoms with van der Waals surface area (Å²) in [4.78, 5) is 12.0. The molecule has 0 bridgehead atoms. The van der Waals surface area contributed by atoms with Gasteiger partial charge in [-0.25, -0.2) is 0 Å². The first kappa shape index (κ1) is 20.7. The van der Waals surface area contributed by atoms with Crippen LogP contribution in [0.5, 0.6) is 11.5 Å². The normalized spacial score (nSPS) is 10.6. The number of para-hydroxylation sites is 2. The fraction of sp³-hybridized carbons (Fsp3) is 0.286. The first-order chi connectivity index (χ1) is 14.1. The van der Waals surface area contributed by atoms with Crippen LogP contribution in [0.2, 0.25) is 0 Å². The molecule has 0 aliphatic rings. The lowest BCUT2D eigenvalue weighted by Gasteiger charge is -2.10. The molecule has 0 saturated heterocycles. The van der Waals surface area contributed by atoms with Crippen molar-refractivity contribution in [2.45, 2.75) is 19.1 Å². The third kappa shape index (κ3) is 5.74. The number of rotatable bonds is 9. The number of ether oxygens (including phenoxy) is 2. The molecule has 1 N–H and O–H groups in total. The summed E-state index contributed by atoms with van der Waals surface area (Å²) in [6.45, 7) is 4.81. The van der Waals surface area contributed by atoms with Crippen molar-refractivity contribution in [1.82, 2.24) is 15.5 Å². The van der Waals surface area contributed by atoms with Gasteiger partial charge in [-0.2, -0.15) is 0 Å². The van der Waals surface area contributed by atoms with Gasteiger partial charge >= 0.3 is 0 Å². The standard InChI is InChI=1S/C21H23N3O4S/c1-14-8-9-16(12-15(14)2)20-23-24-21(28-20)29-13-19(25)22-10-11-27-18-7-5-4-6-17(18)26-3/h4-9,12H,10-11,13H2,1-3H3,(H,22,25). The third-order valence-corrected chi connectivity index (χ3v) is 5.06. The van der Waals surface area contributed by atoms with Crippen molar-refractivity contribution in [3.8, 4) is 23.0 Å². The number of amides is 1. The number of methoxy groups -OCH3 is 1. The molecule has 8 heteroatoms. The first-order valence-corrected chi connectivity index (χ1v) is 10.1. The smallest absolute Gasteiger partial charge is 0.277 e. The van der Waals surface area contributed by atoms with Crippen molar-refractivity contribution in [2.75, 3.05) is 26.0 Å². The minimum Gasteiger partial charge on any atom is -0.493 e. The zero-order valence-electron chi connectivity index (χ0n) is 16.6. The van der Waals surface area contributed by atoms with Crippen LogP contribution >= 0.6 is 11.8 Å². The average Bonchev–Trinajstić information content (AvgIpc) is 3.21. The van der Waals surface area contributed by atoms with Crippen molar-refractivity contribution >= 4 is 17.7 Å². The van der Waals surface area contributed by atoms with Gasteiger partial charge < -0.3 is 19.2 Å². The molecule has 152 valence electrons. The van der Waals surface area contributed by atoms with E-state index in [1.807, 2.05) is 56.3 Å². The van der Waals surface area contributed by atoms with Crippen LogP contribution in [0.25, 0.3) is 11.5 Å². The molecule has 0 unspecified atom stereocenters. The van der Waals surface area contributed by atoms with Crippen LogP contribution in [0.3, 0.4) is 0 Å². The van der Waals surface area contributed by atoms with E-state index in [2.05, 4.69) is 15.5 Å². The van der Waals surface area contributed by atoms with Gasteiger partial charge in [-0.05, 0) is 49.2 Å². The Kier molecular flexibility index (Phi) is 7.13. The number of aryl methyl sites for hydroxylation is 2. The summed E-state index contributed by atoms with van der Waals surface area (Å²) >= 11 is 1.20. The summed E-state index contributed by atoms with van der Waals surface area (Å²) in [7, 11) is 1.59. The SMILES string of the molecule is COc1ccccc1OCCNC(=O)CSc1nnc(-c2ccc(C)c(C)c2)o1. The predicted molar refractivity (Wildman–Crippen MR) is 111 cm³/mol. The fourth-order valence-corrected chi connectivity index (χ4v) is 3.12. The summed E-state index contributed by atoms with van der Waals surface area (Å²) < 4.78 is 16.5. The quantitative estimate of drug-likeness (QED) is 0.423. The van der Waals surface area contributed by atoms with Crippen molar-refractivity contribution < 1.29 is 18.7 Å². The van der Waals surface area contributed by atoms with Crippen LogP contribution in [0.15, 0.2) is 52.1 Å². The number of carbonyl (C=O) groups excluding carboxylic acids is 1. The Labute approximate surface area is 173 Å². The molecule has 0 fully saturated rings. The Morgan fingerprint density at radius 3 is 2.66 bits per heavy atom. The summed E-state index contributed by atoms with van der Waals surface area (Å²) in [6, 6.07) is 13.3. The van der Waals surface area contributed by atoms with E-state index in [-0.39, 0.29) is 11.7 Å². The van der Waals surface area contributed by atoms with E-state index in [1.54, 1.807) is 7.11 Å². The van der Waals surface area contributed by atoms with Gasteiger partial charge in [-0.1, -0.05) is 30.0 Å². The Bertz CT molecular complexity index is 974. The highest BCUT2D eigenvalue weighted by Crippen LogP contribution is 2.26. The number of nitrogens with zero attached hydrogens (tertiary/aromatic N) is 2. The summed E-state index contributed by atoms with van der Waals surface area (Å²) in [6.07, 6.45) is 0. The van der Waals surface area contributed by atoms with Crippen LogP contribution in [-0.4, -0.2) is 42.1 Å². The summed E-state index contributed by atoms with van der Waals surface area (Å²) in [5.41, 5.74) is 3.23. The first-order valence-electron chi connectivity index (χ1n) is 9.13. The van der Waals surface area contributed by atoms with Crippen LogP contribution in [0, 0.1) is 13.8 Å². The molecule has 1 amide bonds. The molecule has 1 heterocycles. The zero-order chi connectivity index (χ0) is 20.6. The van der Waals surface area contributed by atoms with Crippen molar-refractivity contribution in [3.05, 3.63) is 53.6 Å². The van der Waals surface area contributed by atoms with Gasteiger partial charge in [0.15, 0.2) is 11.5 Å². The molecule has 0 aliphatic carbocycles. The molecule has 7 nitrogen and oxygen atoms in total. The number of hydrogen-bond acceptors (Lipinski definition) is 7. The molecule has 0 radical (unpaired) electrons. The maximum absolute atomic E-state index is 12.0. The van der Waals surface area contributed by atoms with Crippen molar-refractivity contribution in [2.24, 2.45) is 0 Å². The van der Waals surface area contributed by atoms with Crippen LogP contribution in [-0.2, 0) is 4.79 Å². The minimum atomic E-state index is -0.135. The molecule has 3 aromatic rings.